The highest BCUT2D eigenvalue weighted by atomic mass is 16.5. The van der Waals surface area contributed by atoms with E-state index in [1.54, 1.807) is 7.11 Å². The molecule has 2 unspecified atom stereocenters. The Balaban J connectivity index is 2.02. The average Bonchev–Trinajstić information content (AvgIpc) is 2.47. The van der Waals surface area contributed by atoms with Crippen LogP contribution in [0.15, 0.2) is 24.3 Å². The Morgan fingerprint density at radius 1 is 1.37 bits per heavy atom. The lowest BCUT2D eigenvalue weighted by atomic mass is 9.76. The van der Waals surface area contributed by atoms with Gasteiger partial charge in [0.1, 0.15) is 11.5 Å². The van der Waals surface area contributed by atoms with Crippen molar-refractivity contribution in [2.45, 2.75) is 32.1 Å². The van der Waals surface area contributed by atoms with Crippen LogP contribution in [0.2, 0.25) is 0 Å². The lowest BCUT2D eigenvalue weighted by molar-refractivity contribution is -0.124. The largest absolute Gasteiger partial charge is 0.497 e. The minimum atomic E-state index is 0.157. The van der Waals surface area contributed by atoms with Gasteiger partial charge in [-0.2, -0.15) is 0 Å². The molecule has 1 aliphatic rings. The van der Waals surface area contributed by atoms with E-state index in [0.29, 0.717) is 24.7 Å². The third kappa shape index (κ3) is 3.57. The van der Waals surface area contributed by atoms with Crippen molar-refractivity contribution in [3.8, 4) is 5.75 Å². The van der Waals surface area contributed by atoms with E-state index in [1.165, 1.54) is 6.42 Å². The third-order valence-electron chi connectivity index (χ3n) is 4.14. The first-order valence-corrected chi connectivity index (χ1v) is 7.10. The van der Waals surface area contributed by atoms with Gasteiger partial charge in [-0.25, -0.2) is 0 Å². The number of ether oxygens (including phenoxy) is 1. The summed E-state index contributed by atoms with van der Waals surface area (Å²) in [5, 5.41) is 0. The van der Waals surface area contributed by atoms with E-state index in [2.05, 4.69) is 0 Å². The molecule has 0 heterocycles. The van der Waals surface area contributed by atoms with Gasteiger partial charge in [0, 0.05) is 12.3 Å². The topological polar surface area (TPSA) is 52.3 Å². The maximum absolute atomic E-state index is 12.4. The molecule has 1 aromatic carbocycles. The van der Waals surface area contributed by atoms with E-state index < -0.39 is 0 Å². The van der Waals surface area contributed by atoms with Crippen LogP contribution in [0.3, 0.4) is 0 Å². The molecule has 2 N–H and O–H groups in total. The second-order valence-corrected chi connectivity index (χ2v) is 5.38. The number of methoxy groups -OCH3 is 1. The van der Waals surface area contributed by atoms with Gasteiger partial charge in [-0.15, -0.1) is 0 Å². The number of rotatable bonds is 5. The Bertz CT molecular complexity index is 431. The molecular formula is C16H23NO2. The molecule has 0 bridgehead atoms. The Morgan fingerprint density at radius 2 is 2.16 bits per heavy atom. The summed E-state index contributed by atoms with van der Waals surface area (Å²) >= 11 is 0. The van der Waals surface area contributed by atoms with Gasteiger partial charge in [-0.1, -0.05) is 25.0 Å². The highest BCUT2D eigenvalue weighted by Gasteiger charge is 2.29. The molecule has 2 atom stereocenters. The summed E-state index contributed by atoms with van der Waals surface area (Å²) in [7, 11) is 1.65. The fourth-order valence-corrected chi connectivity index (χ4v) is 3.03. The van der Waals surface area contributed by atoms with Crippen molar-refractivity contribution in [3.63, 3.8) is 0 Å². The molecule has 19 heavy (non-hydrogen) atoms. The van der Waals surface area contributed by atoms with Crippen LogP contribution in [0, 0.1) is 11.8 Å². The average molecular weight is 261 g/mol. The van der Waals surface area contributed by atoms with Gasteiger partial charge in [-0.3, -0.25) is 4.79 Å². The lowest BCUT2D eigenvalue weighted by Gasteiger charge is -2.29. The van der Waals surface area contributed by atoms with Crippen molar-refractivity contribution in [1.82, 2.24) is 0 Å². The lowest BCUT2D eigenvalue weighted by Crippen LogP contribution is -2.33. The fourth-order valence-electron chi connectivity index (χ4n) is 3.03. The van der Waals surface area contributed by atoms with Crippen LogP contribution in [0.1, 0.15) is 31.2 Å². The Morgan fingerprint density at radius 3 is 2.89 bits per heavy atom. The van der Waals surface area contributed by atoms with Crippen LogP contribution < -0.4 is 10.5 Å². The zero-order chi connectivity index (χ0) is 13.7. The highest BCUT2D eigenvalue weighted by Crippen LogP contribution is 2.31. The van der Waals surface area contributed by atoms with Gasteiger partial charge in [0.2, 0.25) is 0 Å². The number of benzene rings is 1. The molecule has 0 saturated heterocycles. The second kappa shape index (κ2) is 6.71. The Hall–Kier alpha value is -1.35. The summed E-state index contributed by atoms with van der Waals surface area (Å²) in [5.41, 5.74) is 6.83. The van der Waals surface area contributed by atoms with Gasteiger partial charge < -0.3 is 10.5 Å². The predicted octanol–water partition coefficient (Wildman–Crippen LogP) is 2.57. The molecule has 0 aliphatic heterocycles. The molecule has 0 radical (unpaired) electrons. The summed E-state index contributed by atoms with van der Waals surface area (Å²) in [6.07, 6.45) is 4.98. The quantitative estimate of drug-likeness (QED) is 0.886. The van der Waals surface area contributed by atoms with Gasteiger partial charge >= 0.3 is 0 Å². The Kier molecular flexibility index (Phi) is 4.97. The van der Waals surface area contributed by atoms with Crippen molar-refractivity contribution < 1.29 is 9.53 Å². The normalized spacial score (nSPS) is 23.1. The molecule has 1 fully saturated rings. The van der Waals surface area contributed by atoms with Crippen LogP contribution in [-0.4, -0.2) is 19.4 Å². The number of Topliss-reactive ketones (excluding diaryl/α,β-unsaturated/α-hetero) is 1. The van der Waals surface area contributed by atoms with Gasteiger partial charge in [0.25, 0.3) is 0 Å². The number of carbonyl (C=O) groups is 1. The zero-order valence-electron chi connectivity index (χ0n) is 11.6. The second-order valence-electron chi connectivity index (χ2n) is 5.38. The highest BCUT2D eigenvalue weighted by molar-refractivity contribution is 5.83. The Labute approximate surface area is 115 Å². The smallest absolute Gasteiger partial charge is 0.140 e. The molecule has 3 nitrogen and oxygen atoms in total. The van der Waals surface area contributed by atoms with Crippen molar-refractivity contribution in [2.75, 3.05) is 13.7 Å². The van der Waals surface area contributed by atoms with E-state index >= 15 is 0 Å². The summed E-state index contributed by atoms with van der Waals surface area (Å²) in [5.74, 6) is 1.68. The standard InChI is InChI=1S/C16H23NO2/c1-19-14-7-4-5-12(9-14)10-16(18)15-8-3-2-6-13(15)11-17/h4-5,7,9,13,15H,2-3,6,8,10-11,17H2,1H3. The van der Waals surface area contributed by atoms with Crippen molar-refractivity contribution in [3.05, 3.63) is 29.8 Å². The van der Waals surface area contributed by atoms with E-state index in [1.807, 2.05) is 24.3 Å². The van der Waals surface area contributed by atoms with Crippen molar-refractivity contribution in [1.29, 1.82) is 0 Å². The summed E-state index contributed by atoms with van der Waals surface area (Å²) in [6, 6.07) is 7.76. The number of hydrogen-bond donors (Lipinski definition) is 1. The molecule has 0 amide bonds. The van der Waals surface area contributed by atoms with Crippen LogP contribution >= 0.6 is 0 Å². The molecule has 1 aromatic rings. The molecule has 3 heteroatoms. The van der Waals surface area contributed by atoms with E-state index in [-0.39, 0.29) is 5.92 Å². The first-order chi connectivity index (χ1) is 9.24. The number of hydrogen-bond acceptors (Lipinski definition) is 3. The van der Waals surface area contributed by atoms with Crippen LogP contribution in [0.4, 0.5) is 0 Å². The first-order valence-electron chi connectivity index (χ1n) is 7.10. The number of carbonyl (C=O) groups excluding carboxylic acids is 1. The third-order valence-corrected chi connectivity index (χ3v) is 4.14. The number of nitrogens with two attached hydrogens (primary N) is 1. The van der Waals surface area contributed by atoms with E-state index in [4.69, 9.17) is 10.5 Å². The predicted molar refractivity (Wildman–Crippen MR) is 76.2 cm³/mol. The number of ketones is 1. The molecule has 2 rings (SSSR count). The van der Waals surface area contributed by atoms with Crippen LogP contribution in [0.5, 0.6) is 5.75 Å². The van der Waals surface area contributed by atoms with Gasteiger partial charge in [-0.05, 0) is 43.0 Å². The fraction of sp³-hybridized carbons (Fsp3) is 0.562. The van der Waals surface area contributed by atoms with E-state index in [0.717, 1.165) is 30.6 Å². The monoisotopic (exact) mass is 261 g/mol. The molecule has 104 valence electrons. The minimum absolute atomic E-state index is 0.157. The van der Waals surface area contributed by atoms with Crippen molar-refractivity contribution in [2.24, 2.45) is 17.6 Å². The van der Waals surface area contributed by atoms with E-state index in [9.17, 15) is 4.79 Å². The summed E-state index contributed by atoms with van der Waals surface area (Å²) in [4.78, 5) is 12.4. The maximum atomic E-state index is 12.4. The minimum Gasteiger partial charge on any atom is -0.497 e. The van der Waals surface area contributed by atoms with Crippen LogP contribution in [0.25, 0.3) is 0 Å². The van der Waals surface area contributed by atoms with Gasteiger partial charge in [0.15, 0.2) is 0 Å². The SMILES string of the molecule is COc1cccc(CC(=O)C2CCCCC2CN)c1. The summed E-state index contributed by atoms with van der Waals surface area (Å²) < 4.78 is 5.19. The zero-order valence-corrected chi connectivity index (χ0v) is 11.6. The van der Waals surface area contributed by atoms with Crippen molar-refractivity contribution >= 4 is 5.78 Å². The summed E-state index contributed by atoms with van der Waals surface area (Å²) in [6.45, 7) is 0.633. The molecule has 0 aromatic heterocycles. The molecule has 0 spiro atoms. The molecule has 1 aliphatic carbocycles. The van der Waals surface area contributed by atoms with Crippen LogP contribution in [-0.2, 0) is 11.2 Å². The first kappa shape index (κ1) is 14.1. The van der Waals surface area contributed by atoms with Gasteiger partial charge in [0.05, 0.1) is 7.11 Å². The maximum Gasteiger partial charge on any atom is 0.140 e. The molecule has 1 saturated carbocycles. The molecular weight excluding hydrogens is 238 g/mol.